The van der Waals surface area contributed by atoms with Crippen LogP contribution in [0.3, 0.4) is 0 Å². The maximum absolute atomic E-state index is 12.3. The summed E-state index contributed by atoms with van der Waals surface area (Å²) in [6.07, 6.45) is 0. The molecular weight excluding hydrogens is 266 g/mol. The lowest BCUT2D eigenvalue weighted by atomic mass is 10.1. The van der Waals surface area contributed by atoms with Gasteiger partial charge in [0.15, 0.2) is 11.5 Å². The van der Waals surface area contributed by atoms with Gasteiger partial charge in [0.05, 0.1) is 7.11 Å². The number of benzene rings is 1. The summed E-state index contributed by atoms with van der Waals surface area (Å²) in [6.45, 7) is 2.98. The van der Waals surface area contributed by atoms with E-state index in [-0.39, 0.29) is 5.75 Å². The molecule has 20 heavy (non-hydrogen) atoms. The van der Waals surface area contributed by atoms with Crippen molar-refractivity contribution >= 4 is 0 Å². The molecule has 0 bridgehead atoms. The maximum atomic E-state index is 12.3. The summed E-state index contributed by atoms with van der Waals surface area (Å²) in [7, 11) is 1.45. The molecule has 0 amide bonds. The van der Waals surface area contributed by atoms with Gasteiger partial charge in [-0.3, -0.25) is 4.90 Å². The van der Waals surface area contributed by atoms with E-state index >= 15 is 0 Å². The van der Waals surface area contributed by atoms with Gasteiger partial charge in [-0.1, -0.05) is 6.07 Å². The first-order chi connectivity index (χ1) is 9.58. The fourth-order valence-corrected chi connectivity index (χ4v) is 2.42. The molecule has 2 rings (SSSR count). The van der Waals surface area contributed by atoms with Gasteiger partial charge in [0.2, 0.25) is 0 Å². The Kier molecular flexibility index (Phi) is 5.14. The van der Waals surface area contributed by atoms with E-state index in [2.05, 4.69) is 21.9 Å². The molecule has 1 fully saturated rings. The number of piperazine rings is 1. The maximum Gasteiger partial charge on any atom is 0.387 e. The summed E-state index contributed by atoms with van der Waals surface area (Å²) in [5, 5.41) is 3.38. The lowest BCUT2D eigenvalue weighted by Gasteiger charge is -2.31. The molecule has 0 saturated carbocycles. The third kappa shape index (κ3) is 4.05. The number of ether oxygens (including phenoxy) is 2. The van der Waals surface area contributed by atoms with Crippen molar-refractivity contribution in [1.82, 2.24) is 10.2 Å². The van der Waals surface area contributed by atoms with Crippen LogP contribution in [0.15, 0.2) is 18.2 Å². The van der Waals surface area contributed by atoms with Crippen molar-refractivity contribution in [1.29, 1.82) is 0 Å². The number of hydrogen-bond acceptors (Lipinski definition) is 4. The number of hydrogen-bond donors (Lipinski definition) is 1. The zero-order chi connectivity index (χ0) is 14.5. The molecule has 6 heteroatoms. The van der Waals surface area contributed by atoms with Crippen LogP contribution in [0.4, 0.5) is 8.78 Å². The van der Waals surface area contributed by atoms with Crippen molar-refractivity contribution in [2.75, 3.05) is 26.7 Å². The minimum atomic E-state index is -2.84. The Morgan fingerprint density at radius 3 is 2.85 bits per heavy atom. The summed E-state index contributed by atoms with van der Waals surface area (Å²) < 4.78 is 34.0. The van der Waals surface area contributed by atoms with E-state index in [1.165, 1.54) is 13.2 Å². The molecule has 1 aliphatic heterocycles. The monoisotopic (exact) mass is 286 g/mol. The lowest BCUT2D eigenvalue weighted by Crippen LogP contribution is -2.48. The van der Waals surface area contributed by atoms with E-state index < -0.39 is 6.61 Å². The lowest BCUT2D eigenvalue weighted by molar-refractivity contribution is -0.0512. The summed E-state index contributed by atoms with van der Waals surface area (Å²) in [5.41, 5.74) is 1.03. The first-order valence-electron chi connectivity index (χ1n) is 6.66. The molecule has 1 aromatic rings. The van der Waals surface area contributed by atoms with E-state index in [0.717, 1.165) is 31.7 Å². The minimum absolute atomic E-state index is 0.0694. The zero-order valence-corrected chi connectivity index (χ0v) is 11.7. The van der Waals surface area contributed by atoms with E-state index in [4.69, 9.17) is 4.74 Å². The molecule has 112 valence electrons. The molecule has 1 aromatic carbocycles. The highest BCUT2D eigenvalue weighted by Crippen LogP contribution is 2.29. The quantitative estimate of drug-likeness (QED) is 0.898. The smallest absolute Gasteiger partial charge is 0.387 e. The highest BCUT2D eigenvalue weighted by Gasteiger charge is 2.17. The number of halogens is 2. The van der Waals surface area contributed by atoms with E-state index in [0.29, 0.717) is 11.8 Å². The number of rotatable bonds is 5. The number of alkyl halides is 2. The first kappa shape index (κ1) is 15.0. The van der Waals surface area contributed by atoms with Crippen LogP contribution in [-0.4, -0.2) is 44.3 Å². The molecule has 0 spiro atoms. The van der Waals surface area contributed by atoms with Gasteiger partial charge in [-0.2, -0.15) is 8.78 Å². The number of methoxy groups -OCH3 is 1. The summed E-state index contributed by atoms with van der Waals surface area (Å²) in [4.78, 5) is 2.32. The molecule has 1 N–H and O–H groups in total. The standard InChI is InChI=1S/C14H20F2N2O2/c1-10-8-18(6-5-17-10)9-11-3-4-12(20-14(15)16)13(7-11)19-2/h3-4,7,10,14,17H,5-6,8-9H2,1-2H3/t10-/m1/s1. The van der Waals surface area contributed by atoms with E-state index in [1.54, 1.807) is 12.1 Å². The van der Waals surface area contributed by atoms with Crippen LogP contribution >= 0.6 is 0 Å². The molecule has 4 nitrogen and oxygen atoms in total. The van der Waals surface area contributed by atoms with E-state index in [1.807, 2.05) is 0 Å². The second-order valence-electron chi connectivity index (χ2n) is 4.95. The molecule has 1 atom stereocenters. The van der Waals surface area contributed by atoms with Crippen molar-refractivity contribution in [3.8, 4) is 11.5 Å². The van der Waals surface area contributed by atoms with E-state index in [9.17, 15) is 8.78 Å². The second kappa shape index (κ2) is 6.85. The van der Waals surface area contributed by atoms with Crippen LogP contribution in [0.2, 0.25) is 0 Å². The van der Waals surface area contributed by atoms with Crippen molar-refractivity contribution in [3.05, 3.63) is 23.8 Å². The van der Waals surface area contributed by atoms with Gasteiger partial charge in [0.25, 0.3) is 0 Å². The Labute approximate surface area is 117 Å². The minimum Gasteiger partial charge on any atom is -0.493 e. The average molecular weight is 286 g/mol. The molecule has 1 saturated heterocycles. The topological polar surface area (TPSA) is 33.7 Å². The number of nitrogens with one attached hydrogen (secondary N) is 1. The fraction of sp³-hybridized carbons (Fsp3) is 0.571. The van der Waals surface area contributed by atoms with Crippen LogP contribution < -0.4 is 14.8 Å². The molecule has 0 radical (unpaired) electrons. The largest absolute Gasteiger partial charge is 0.493 e. The Balaban J connectivity index is 2.05. The second-order valence-corrected chi connectivity index (χ2v) is 4.95. The summed E-state index contributed by atoms with van der Waals surface area (Å²) in [6, 6.07) is 5.55. The summed E-state index contributed by atoms with van der Waals surface area (Å²) in [5.74, 6) is 0.408. The molecule has 0 aromatic heterocycles. The van der Waals surface area contributed by atoms with Crippen LogP contribution in [0.1, 0.15) is 12.5 Å². The average Bonchev–Trinajstić information content (AvgIpc) is 2.40. The predicted molar refractivity (Wildman–Crippen MR) is 72.4 cm³/mol. The normalized spacial score (nSPS) is 20.1. The van der Waals surface area contributed by atoms with Gasteiger partial charge in [0.1, 0.15) is 0 Å². The van der Waals surface area contributed by atoms with Gasteiger partial charge >= 0.3 is 6.61 Å². The highest BCUT2D eigenvalue weighted by atomic mass is 19.3. The molecule has 0 aliphatic carbocycles. The Morgan fingerprint density at radius 2 is 2.20 bits per heavy atom. The van der Waals surface area contributed by atoms with Crippen LogP contribution in [0.25, 0.3) is 0 Å². The van der Waals surface area contributed by atoms with Crippen molar-refractivity contribution in [2.24, 2.45) is 0 Å². The Bertz CT molecular complexity index is 443. The Morgan fingerprint density at radius 1 is 1.40 bits per heavy atom. The van der Waals surface area contributed by atoms with Crippen molar-refractivity contribution < 1.29 is 18.3 Å². The van der Waals surface area contributed by atoms with Gasteiger partial charge in [-0.25, -0.2) is 0 Å². The van der Waals surface area contributed by atoms with Gasteiger partial charge in [-0.15, -0.1) is 0 Å². The SMILES string of the molecule is COc1cc(CN2CCN[C@H](C)C2)ccc1OC(F)F. The molecule has 0 unspecified atom stereocenters. The highest BCUT2D eigenvalue weighted by molar-refractivity contribution is 5.43. The molecular formula is C14H20F2N2O2. The van der Waals surface area contributed by atoms with Gasteiger partial charge < -0.3 is 14.8 Å². The third-order valence-corrected chi connectivity index (χ3v) is 3.30. The first-order valence-corrected chi connectivity index (χ1v) is 6.66. The van der Waals surface area contributed by atoms with Crippen molar-refractivity contribution in [2.45, 2.75) is 26.1 Å². The predicted octanol–water partition coefficient (Wildman–Crippen LogP) is 2.09. The van der Waals surface area contributed by atoms with Gasteiger partial charge in [0, 0.05) is 32.2 Å². The number of nitrogens with zero attached hydrogens (tertiary/aromatic N) is 1. The zero-order valence-electron chi connectivity index (χ0n) is 11.7. The van der Waals surface area contributed by atoms with Gasteiger partial charge in [-0.05, 0) is 24.6 Å². The van der Waals surface area contributed by atoms with Crippen LogP contribution in [0.5, 0.6) is 11.5 Å². The molecule has 1 aliphatic rings. The van der Waals surface area contributed by atoms with Crippen LogP contribution in [-0.2, 0) is 6.54 Å². The summed E-state index contributed by atoms with van der Waals surface area (Å²) >= 11 is 0. The van der Waals surface area contributed by atoms with Crippen molar-refractivity contribution in [3.63, 3.8) is 0 Å². The van der Waals surface area contributed by atoms with Crippen LogP contribution in [0, 0.1) is 0 Å². The molecule has 1 heterocycles. The third-order valence-electron chi connectivity index (χ3n) is 3.30. The fourth-order valence-electron chi connectivity index (χ4n) is 2.42. The Hall–Kier alpha value is -1.40.